The van der Waals surface area contributed by atoms with Crippen molar-refractivity contribution in [1.82, 2.24) is 4.98 Å². The van der Waals surface area contributed by atoms with E-state index in [0.717, 1.165) is 10.8 Å². The smallest absolute Gasteiger partial charge is 0.255 e. The van der Waals surface area contributed by atoms with E-state index in [0.29, 0.717) is 16.5 Å². The summed E-state index contributed by atoms with van der Waals surface area (Å²) in [6, 6.07) is 10.6. The van der Waals surface area contributed by atoms with Crippen LogP contribution in [0.1, 0.15) is 17.9 Å². The molecule has 7 heteroatoms. The van der Waals surface area contributed by atoms with Gasteiger partial charge in [-0.2, -0.15) is 14.0 Å². The third kappa shape index (κ3) is 2.82. The summed E-state index contributed by atoms with van der Waals surface area (Å²) in [7, 11) is -4.64. The molecule has 0 bridgehead atoms. The fourth-order valence-electron chi connectivity index (χ4n) is 2.42. The zero-order valence-electron chi connectivity index (χ0n) is 11.5. The van der Waals surface area contributed by atoms with Crippen LogP contribution in [0.15, 0.2) is 42.6 Å². The number of rotatable bonds is 3. The van der Waals surface area contributed by atoms with Crippen molar-refractivity contribution in [2.75, 3.05) is 0 Å². The first-order chi connectivity index (χ1) is 10.4. The number of alkyl halides is 1. The average molecular weight is 340 g/mol. The molecule has 0 spiro atoms. The minimum absolute atomic E-state index is 0.0685. The van der Waals surface area contributed by atoms with Gasteiger partial charge in [0.2, 0.25) is 0 Å². The van der Waals surface area contributed by atoms with Crippen molar-refractivity contribution >= 4 is 33.3 Å². The molecule has 0 radical (unpaired) electrons. The van der Waals surface area contributed by atoms with E-state index >= 15 is 0 Å². The third-order valence-electron chi connectivity index (χ3n) is 3.34. The van der Waals surface area contributed by atoms with Crippen LogP contribution in [0, 0.1) is 10.2 Å². The molecule has 0 aliphatic rings. The highest BCUT2D eigenvalue weighted by molar-refractivity contribution is 6.21. The quantitative estimate of drug-likeness (QED) is 0.523. The van der Waals surface area contributed by atoms with Crippen LogP contribution in [0.5, 0.6) is 5.75 Å². The maximum atomic E-state index is 11.1. The summed E-state index contributed by atoms with van der Waals surface area (Å²) < 4.78 is 37.9. The van der Waals surface area contributed by atoms with E-state index in [1.165, 1.54) is 0 Å². The molecule has 3 aromatic rings. The Morgan fingerprint density at radius 3 is 2.55 bits per heavy atom. The van der Waals surface area contributed by atoms with Crippen LogP contribution in [-0.2, 0) is 0 Å². The molecule has 0 saturated carbocycles. The Kier molecular flexibility index (Phi) is 3.84. The Labute approximate surface area is 133 Å². The maximum Gasteiger partial charge on any atom is 0.302 e. The van der Waals surface area contributed by atoms with Crippen LogP contribution in [-0.4, -0.2) is 4.98 Å². The monoisotopic (exact) mass is 339 g/mol. The molecule has 0 aliphatic carbocycles. The van der Waals surface area contributed by atoms with Gasteiger partial charge in [0.25, 0.3) is 0 Å². The minimum atomic E-state index is -4.64. The average Bonchev–Trinajstić information content (AvgIpc) is 2.45. The predicted molar refractivity (Wildman–Crippen MR) is 74.1 cm³/mol. The second-order valence-corrected chi connectivity index (χ2v) is 6.36. The van der Waals surface area contributed by atoms with E-state index in [-0.39, 0.29) is 5.75 Å². The first-order valence-electron chi connectivity index (χ1n) is 6.41. The summed E-state index contributed by atoms with van der Waals surface area (Å²) in [5.41, 5.74) is 0.938. The maximum absolute atomic E-state index is 11.1. The van der Waals surface area contributed by atoms with Crippen molar-refractivity contribution in [3.63, 3.8) is 0 Å². The van der Waals surface area contributed by atoms with Gasteiger partial charge in [-0.05, 0) is 18.4 Å². The molecular formula is C15H11Cl2NO4. The van der Waals surface area contributed by atoms with Crippen LogP contribution < -0.4 is 18.3 Å². The fourth-order valence-corrected chi connectivity index (χ4v) is 2.95. The summed E-state index contributed by atoms with van der Waals surface area (Å²) in [5.74, 6) is -0.0685. The highest BCUT2D eigenvalue weighted by Gasteiger charge is 2.28. The normalized spacial score (nSPS) is 13.5. The van der Waals surface area contributed by atoms with Crippen molar-refractivity contribution in [3.8, 4) is 5.75 Å². The molecule has 1 heterocycles. The number of hydrogen-bond acceptors (Lipinski definition) is 5. The van der Waals surface area contributed by atoms with Gasteiger partial charge < -0.3 is 0 Å². The number of hydrogen-bond donors (Lipinski definition) is 0. The molecule has 0 amide bonds. The zero-order valence-corrected chi connectivity index (χ0v) is 13.0. The third-order valence-corrected chi connectivity index (χ3v) is 3.92. The van der Waals surface area contributed by atoms with Gasteiger partial charge >= 0.3 is 5.75 Å². The fraction of sp³-hybridized carbons (Fsp3) is 0.133. The zero-order chi connectivity index (χ0) is 15.9. The molecule has 0 N–H and O–H groups in total. The highest BCUT2D eigenvalue weighted by Crippen LogP contribution is 2.39. The first kappa shape index (κ1) is 15.3. The number of aromatic nitrogens is 1. The van der Waals surface area contributed by atoms with Gasteiger partial charge in [0, 0.05) is 17.1 Å². The molecule has 0 saturated heterocycles. The van der Waals surface area contributed by atoms with Gasteiger partial charge in [0.1, 0.15) is 10.2 Å². The number of benzene rings is 2. The van der Waals surface area contributed by atoms with Crippen LogP contribution in [0.2, 0.25) is 0 Å². The van der Waals surface area contributed by atoms with Gasteiger partial charge in [-0.1, -0.05) is 34.6 Å². The molecule has 22 heavy (non-hydrogen) atoms. The molecule has 0 aliphatic heterocycles. The topological polar surface area (TPSA) is 91.3 Å². The van der Waals surface area contributed by atoms with Gasteiger partial charge in [0.15, 0.2) is 0 Å². The van der Waals surface area contributed by atoms with Crippen LogP contribution in [0.3, 0.4) is 0 Å². The summed E-state index contributed by atoms with van der Waals surface area (Å²) in [4.78, 5) is 4.28. The van der Waals surface area contributed by atoms with E-state index in [4.69, 9.17) is 11.6 Å². The van der Waals surface area contributed by atoms with Crippen molar-refractivity contribution in [2.24, 2.45) is 0 Å². The molecule has 3 rings (SSSR count). The van der Waals surface area contributed by atoms with E-state index in [1.807, 2.05) is 24.3 Å². The molecule has 114 valence electrons. The largest absolute Gasteiger partial charge is 0.302 e. The first-order valence-corrected chi connectivity index (χ1v) is 8.08. The van der Waals surface area contributed by atoms with Gasteiger partial charge in [-0.25, -0.2) is 0 Å². The molecule has 1 aromatic heterocycles. The van der Waals surface area contributed by atoms with Gasteiger partial charge in [0.05, 0.1) is 16.3 Å². The number of fused-ring (bicyclic) bond motifs is 3. The standard InChI is InChI=1S/C15H11Cl2NO4/c1-9(16)11-6-7-13-14(15(11)22-17(19,20)21)12-5-3-2-4-10(12)8-18-13/h2-9H,1H3. The van der Waals surface area contributed by atoms with Crippen LogP contribution >= 0.6 is 11.6 Å². The lowest BCUT2D eigenvalue weighted by Crippen LogP contribution is -2.63. The number of pyridine rings is 1. The Morgan fingerprint density at radius 2 is 1.86 bits per heavy atom. The Hall–Kier alpha value is -1.63. The van der Waals surface area contributed by atoms with E-state index < -0.39 is 15.6 Å². The van der Waals surface area contributed by atoms with Crippen molar-refractivity contribution in [3.05, 3.63) is 48.2 Å². The lowest BCUT2D eigenvalue weighted by molar-refractivity contribution is -1.91. The Bertz CT molecular complexity index is 846. The van der Waals surface area contributed by atoms with Gasteiger partial charge in [-0.15, -0.1) is 11.6 Å². The lowest BCUT2D eigenvalue weighted by Gasteiger charge is -2.17. The molecule has 0 fully saturated rings. The Balaban J connectivity index is 2.43. The second kappa shape index (κ2) is 5.53. The molecule has 5 nitrogen and oxygen atoms in total. The summed E-state index contributed by atoms with van der Waals surface area (Å²) in [5, 5.41) is 1.46. The summed E-state index contributed by atoms with van der Waals surface area (Å²) in [6.45, 7) is 1.67. The minimum Gasteiger partial charge on any atom is -0.255 e. The van der Waals surface area contributed by atoms with Gasteiger partial charge in [-0.3, -0.25) is 4.98 Å². The van der Waals surface area contributed by atoms with E-state index in [9.17, 15) is 14.0 Å². The second-order valence-electron chi connectivity index (χ2n) is 4.79. The number of halogens is 2. The van der Waals surface area contributed by atoms with E-state index in [2.05, 4.69) is 9.27 Å². The van der Waals surface area contributed by atoms with Crippen LogP contribution in [0.25, 0.3) is 21.7 Å². The summed E-state index contributed by atoms with van der Waals surface area (Å²) in [6.07, 6.45) is 1.68. The van der Waals surface area contributed by atoms with Crippen molar-refractivity contribution in [1.29, 1.82) is 0 Å². The molecule has 1 unspecified atom stereocenters. The van der Waals surface area contributed by atoms with E-state index in [1.54, 1.807) is 25.3 Å². The Morgan fingerprint density at radius 1 is 1.14 bits per heavy atom. The molecule has 1 atom stereocenters. The van der Waals surface area contributed by atoms with Crippen molar-refractivity contribution in [2.45, 2.75) is 12.3 Å². The molecule has 2 aromatic carbocycles. The van der Waals surface area contributed by atoms with Crippen molar-refractivity contribution < 1.29 is 28.5 Å². The highest BCUT2D eigenvalue weighted by atomic mass is 35.7. The van der Waals surface area contributed by atoms with Crippen LogP contribution in [0.4, 0.5) is 0 Å². The summed E-state index contributed by atoms with van der Waals surface area (Å²) >= 11 is 6.09. The number of nitrogens with zero attached hydrogens (tertiary/aromatic N) is 1. The molecular weight excluding hydrogens is 329 g/mol. The predicted octanol–water partition coefficient (Wildman–Crippen LogP) is 0.964. The lowest BCUT2D eigenvalue weighted by atomic mass is 10.0. The SMILES string of the molecule is CC(Cl)c1ccc2ncc3ccccc3c2c1O[Cl+3]([O-])([O-])[O-].